The number of hydrogen-bond donors (Lipinski definition) is 2. The number of oxime groups is 1. The molecular formula is C18H17F3N4O2. The standard InChI is InChI=1S/C18H17F3N4O2/c19-18(20,21)13-5-4-8-15(9-13)27-25-11-17(16(23)10-24-12-22)26-14-6-2-1-3-7-14/h1-9,11-12H,10,23H2,(H2,22,24). The van der Waals surface area contributed by atoms with E-state index in [2.05, 4.69) is 10.1 Å². The number of ether oxygens (including phenoxy) is 1. The van der Waals surface area contributed by atoms with Crippen molar-refractivity contribution in [3.63, 3.8) is 0 Å². The molecule has 0 aliphatic rings. The second-order valence-electron chi connectivity index (χ2n) is 5.15. The molecule has 0 aromatic heterocycles. The molecule has 27 heavy (non-hydrogen) atoms. The Labute approximate surface area is 153 Å². The highest BCUT2D eigenvalue weighted by Crippen LogP contribution is 2.31. The fourth-order valence-electron chi connectivity index (χ4n) is 1.88. The van der Waals surface area contributed by atoms with E-state index < -0.39 is 11.7 Å². The molecule has 0 bridgehead atoms. The summed E-state index contributed by atoms with van der Waals surface area (Å²) in [6, 6.07) is 13.1. The van der Waals surface area contributed by atoms with Gasteiger partial charge in [0, 0.05) is 0 Å². The number of nitrogens with zero attached hydrogens (tertiary/aromatic N) is 2. The highest BCUT2D eigenvalue weighted by atomic mass is 19.4. The van der Waals surface area contributed by atoms with Crippen molar-refractivity contribution in [2.45, 2.75) is 6.18 Å². The maximum Gasteiger partial charge on any atom is 0.416 e. The van der Waals surface area contributed by atoms with Gasteiger partial charge in [0.25, 0.3) is 0 Å². The summed E-state index contributed by atoms with van der Waals surface area (Å²) in [5.41, 5.74) is 10.5. The Morgan fingerprint density at radius 2 is 1.74 bits per heavy atom. The van der Waals surface area contributed by atoms with E-state index in [0.717, 1.165) is 24.7 Å². The van der Waals surface area contributed by atoms with Gasteiger partial charge in [-0.2, -0.15) is 13.2 Å². The van der Waals surface area contributed by atoms with E-state index in [1.807, 2.05) is 6.07 Å². The van der Waals surface area contributed by atoms with Crippen LogP contribution in [0.25, 0.3) is 0 Å². The second-order valence-corrected chi connectivity index (χ2v) is 5.15. The molecule has 0 heterocycles. The third-order valence-electron chi connectivity index (χ3n) is 3.14. The molecule has 0 atom stereocenters. The van der Waals surface area contributed by atoms with Crippen LogP contribution in [0.4, 0.5) is 13.2 Å². The third-order valence-corrected chi connectivity index (χ3v) is 3.14. The van der Waals surface area contributed by atoms with Gasteiger partial charge < -0.3 is 21.0 Å². The first-order chi connectivity index (χ1) is 12.9. The fourth-order valence-corrected chi connectivity index (χ4v) is 1.88. The molecule has 0 unspecified atom stereocenters. The van der Waals surface area contributed by atoms with Crippen LogP contribution < -0.4 is 21.0 Å². The number of halogens is 3. The molecule has 0 amide bonds. The second kappa shape index (κ2) is 9.27. The van der Waals surface area contributed by atoms with Crippen LogP contribution in [0.1, 0.15) is 5.56 Å². The quantitative estimate of drug-likeness (QED) is 0.334. The summed E-state index contributed by atoms with van der Waals surface area (Å²) in [7, 11) is 0. The van der Waals surface area contributed by atoms with Gasteiger partial charge in [-0.3, -0.25) is 4.99 Å². The van der Waals surface area contributed by atoms with Crippen molar-refractivity contribution in [1.82, 2.24) is 0 Å². The van der Waals surface area contributed by atoms with Gasteiger partial charge >= 0.3 is 6.18 Å². The number of benzene rings is 2. The lowest BCUT2D eigenvalue weighted by Gasteiger charge is -2.09. The minimum Gasteiger partial charge on any atom is -0.454 e. The lowest BCUT2D eigenvalue weighted by atomic mass is 10.2. The summed E-state index contributed by atoms with van der Waals surface area (Å²) in [5.74, 6) is 0.523. The Morgan fingerprint density at radius 1 is 1.04 bits per heavy atom. The molecule has 0 radical (unpaired) electrons. The van der Waals surface area contributed by atoms with Crippen molar-refractivity contribution < 1.29 is 22.7 Å². The van der Waals surface area contributed by atoms with Crippen LogP contribution >= 0.6 is 0 Å². The van der Waals surface area contributed by atoms with Crippen molar-refractivity contribution in [2.24, 2.45) is 21.6 Å². The molecule has 6 nitrogen and oxygen atoms in total. The number of allylic oxidation sites excluding steroid dienone is 1. The van der Waals surface area contributed by atoms with Crippen LogP contribution in [0.5, 0.6) is 11.5 Å². The van der Waals surface area contributed by atoms with Crippen LogP contribution in [-0.2, 0) is 6.18 Å². The Hall–Kier alpha value is -3.49. The van der Waals surface area contributed by atoms with E-state index in [9.17, 15) is 13.2 Å². The van der Waals surface area contributed by atoms with Gasteiger partial charge in [0.15, 0.2) is 11.5 Å². The van der Waals surface area contributed by atoms with Crippen LogP contribution in [0.15, 0.2) is 76.2 Å². The van der Waals surface area contributed by atoms with E-state index in [1.165, 1.54) is 12.1 Å². The monoisotopic (exact) mass is 378 g/mol. The van der Waals surface area contributed by atoms with Crippen molar-refractivity contribution in [2.75, 3.05) is 6.54 Å². The lowest BCUT2D eigenvalue weighted by Crippen LogP contribution is -2.12. The molecule has 0 saturated heterocycles. The van der Waals surface area contributed by atoms with E-state index >= 15 is 0 Å². The molecule has 0 saturated carbocycles. The van der Waals surface area contributed by atoms with E-state index in [1.54, 1.807) is 24.3 Å². The third kappa shape index (κ3) is 6.38. The zero-order chi connectivity index (χ0) is 19.7. The van der Waals surface area contributed by atoms with E-state index in [4.69, 9.17) is 21.0 Å². The van der Waals surface area contributed by atoms with Gasteiger partial charge in [0.2, 0.25) is 0 Å². The molecule has 2 aromatic carbocycles. The Kier molecular flexibility index (Phi) is 6.81. The maximum absolute atomic E-state index is 12.7. The summed E-state index contributed by atoms with van der Waals surface area (Å²) in [6.07, 6.45) is -2.24. The Balaban J connectivity index is 2.17. The zero-order valence-electron chi connectivity index (χ0n) is 14.1. The van der Waals surface area contributed by atoms with E-state index in [-0.39, 0.29) is 23.8 Å². The zero-order valence-corrected chi connectivity index (χ0v) is 14.1. The molecule has 2 aromatic rings. The topological polar surface area (TPSA) is 95.2 Å². The smallest absolute Gasteiger partial charge is 0.416 e. The SMILES string of the molecule is NC=NCC(N)=C(C=NOc1cccc(C(F)(F)F)c1)Oc1ccccc1. The molecule has 9 heteroatoms. The largest absolute Gasteiger partial charge is 0.454 e. The number of rotatable bonds is 7. The summed E-state index contributed by atoms with van der Waals surface area (Å²) in [4.78, 5) is 8.80. The number of nitrogens with two attached hydrogens (primary N) is 2. The highest BCUT2D eigenvalue weighted by molar-refractivity contribution is 5.77. The maximum atomic E-state index is 12.7. The summed E-state index contributed by atoms with van der Waals surface area (Å²) in [5, 5.41) is 3.65. The van der Waals surface area contributed by atoms with Gasteiger partial charge in [-0.1, -0.05) is 29.4 Å². The summed E-state index contributed by atoms with van der Waals surface area (Å²) in [6.45, 7) is 0.0498. The Morgan fingerprint density at radius 3 is 2.41 bits per heavy atom. The van der Waals surface area contributed by atoms with Gasteiger partial charge in [-0.15, -0.1) is 0 Å². The predicted molar refractivity (Wildman–Crippen MR) is 96.4 cm³/mol. The van der Waals surface area contributed by atoms with Crippen molar-refractivity contribution in [3.8, 4) is 11.5 Å². The molecule has 0 aliphatic heterocycles. The molecule has 0 fully saturated rings. The van der Waals surface area contributed by atoms with Crippen LogP contribution in [0.2, 0.25) is 0 Å². The number of aliphatic imine (C=N–C) groups is 1. The average molecular weight is 378 g/mol. The van der Waals surface area contributed by atoms with Crippen LogP contribution in [-0.4, -0.2) is 19.1 Å². The normalized spacial score (nSPS) is 13.0. The summed E-state index contributed by atoms with van der Waals surface area (Å²) < 4.78 is 43.8. The predicted octanol–water partition coefficient (Wildman–Crippen LogP) is 3.31. The van der Waals surface area contributed by atoms with Crippen molar-refractivity contribution in [3.05, 3.63) is 71.6 Å². The molecule has 4 N–H and O–H groups in total. The fraction of sp³-hybridized carbons (Fsp3) is 0.111. The van der Waals surface area contributed by atoms with Gasteiger partial charge in [-0.25, -0.2) is 0 Å². The van der Waals surface area contributed by atoms with Gasteiger partial charge in [-0.05, 0) is 30.3 Å². The number of alkyl halides is 3. The molecule has 2 rings (SSSR count). The van der Waals surface area contributed by atoms with Gasteiger partial charge in [0.1, 0.15) is 12.0 Å². The molecule has 0 spiro atoms. The van der Waals surface area contributed by atoms with Gasteiger partial charge in [0.05, 0.1) is 24.1 Å². The summed E-state index contributed by atoms with van der Waals surface area (Å²) >= 11 is 0. The average Bonchev–Trinajstić information content (AvgIpc) is 2.65. The molecular weight excluding hydrogens is 361 g/mol. The number of hydrogen-bond acceptors (Lipinski definition) is 5. The molecule has 142 valence electrons. The van der Waals surface area contributed by atoms with Crippen molar-refractivity contribution in [1.29, 1.82) is 0 Å². The highest BCUT2D eigenvalue weighted by Gasteiger charge is 2.30. The first-order valence-electron chi connectivity index (χ1n) is 7.69. The minimum atomic E-state index is -4.48. The first kappa shape index (κ1) is 19.8. The Bertz CT molecular complexity index is 834. The van der Waals surface area contributed by atoms with Crippen molar-refractivity contribution >= 4 is 12.6 Å². The van der Waals surface area contributed by atoms with Crippen LogP contribution in [0, 0.1) is 0 Å². The lowest BCUT2D eigenvalue weighted by molar-refractivity contribution is -0.137. The minimum absolute atomic E-state index is 0.0498. The first-order valence-corrected chi connectivity index (χ1v) is 7.69. The number of para-hydroxylation sites is 1. The van der Waals surface area contributed by atoms with E-state index in [0.29, 0.717) is 5.75 Å². The molecule has 0 aliphatic carbocycles. The van der Waals surface area contributed by atoms with Crippen LogP contribution in [0.3, 0.4) is 0 Å².